The van der Waals surface area contributed by atoms with Crippen LogP contribution in [0.15, 0.2) is 36.4 Å². The van der Waals surface area contributed by atoms with Gasteiger partial charge in [-0.1, -0.05) is 17.7 Å². The minimum atomic E-state index is -0.0574. The predicted octanol–water partition coefficient (Wildman–Crippen LogP) is 4.18. The average Bonchev–Trinajstić information content (AvgIpc) is 2.64. The minimum absolute atomic E-state index is 0.0574. The number of fused-ring (bicyclic) bond motifs is 1. The number of hydrogen-bond acceptors (Lipinski definition) is 4. The van der Waals surface area contributed by atoms with Crippen LogP contribution in [-0.2, 0) is 11.2 Å². The number of amides is 1. The predicted molar refractivity (Wildman–Crippen MR) is 109 cm³/mol. The summed E-state index contributed by atoms with van der Waals surface area (Å²) in [4.78, 5) is 14.9. The summed E-state index contributed by atoms with van der Waals surface area (Å²) in [7, 11) is 0. The Labute approximate surface area is 161 Å². The molecule has 1 aliphatic heterocycles. The smallest absolute Gasteiger partial charge is 0.243 e. The molecule has 0 unspecified atom stereocenters. The number of benzene rings is 2. The number of anilines is 2. The normalized spacial score (nSPS) is 13.1. The lowest BCUT2D eigenvalue weighted by molar-refractivity contribution is -0.115. The topological polar surface area (TPSA) is 50.8 Å². The first-order valence-corrected chi connectivity index (χ1v) is 9.64. The molecule has 2 aromatic carbocycles. The van der Waals surface area contributed by atoms with Crippen molar-refractivity contribution in [1.29, 1.82) is 0 Å². The lowest BCUT2D eigenvalue weighted by Crippen LogP contribution is -2.36. The van der Waals surface area contributed by atoms with Crippen LogP contribution in [0.2, 0.25) is 0 Å². The van der Waals surface area contributed by atoms with Crippen LogP contribution >= 0.6 is 0 Å². The van der Waals surface area contributed by atoms with E-state index in [1.807, 2.05) is 32.0 Å². The molecule has 0 saturated heterocycles. The van der Waals surface area contributed by atoms with E-state index in [4.69, 9.17) is 9.47 Å². The first-order valence-electron chi connectivity index (χ1n) is 9.64. The Morgan fingerprint density at radius 2 is 1.93 bits per heavy atom. The number of aryl methyl sites for hydroxylation is 2. The molecule has 3 rings (SSSR count). The van der Waals surface area contributed by atoms with Crippen molar-refractivity contribution in [3.05, 3.63) is 47.5 Å². The molecule has 1 amide bonds. The standard InChI is InChI=1S/C22H28N2O3/c1-4-26-18-9-11-21(27-5-2)19(14-18)23-22(25)15-24-12-6-7-17-13-16(3)8-10-20(17)24/h8-11,13-14H,4-7,12,15H2,1-3H3,(H,23,25). The zero-order valence-electron chi connectivity index (χ0n) is 16.4. The first-order chi connectivity index (χ1) is 13.1. The molecule has 1 aliphatic rings. The second-order valence-corrected chi connectivity index (χ2v) is 6.73. The monoisotopic (exact) mass is 368 g/mol. The van der Waals surface area contributed by atoms with E-state index < -0.39 is 0 Å². The lowest BCUT2D eigenvalue weighted by Gasteiger charge is -2.31. The minimum Gasteiger partial charge on any atom is -0.494 e. The number of nitrogens with zero attached hydrogens (tertiary/aromatic N) is 1. The molecule has 0 aromatic heterocycles. The van der Waals surface area contributed by atoms with Gasteiger partial charge in [-0.05, 0) is 57.4 Å². The number of carbonyl (C=O) groups is 1. The SMILES string of the molecule is CCOc1ccc(OCC)c(NC(=O)CN2CCCc3cc(C)ccc32)c1. The van der Waals surface area contributed by atoms with Crippen molar-refractivity contribution in [2.75, 3.05) is 36.5 Å². The van der Waals surface area contributed by atoms with Crippen LogP contribution in [0.5, 0.6) is 11.5 Å². The summed E-state index contributed by atoms with van der Waals surface area (Å²) >= 11 is 0. The molecule has 27 heavy (non-hydrogen) atoms. The number of ether oxygens (including phenoxy) is 2. The fourth-order valence-electron chi connectivity index (χ4n) is 3.48. The molecule has 0 atom stereocenters. The van der Waals surface area contributed by atoms with Crippen molar-refractivity contribution in [1.82, 2.24) is 0 Å². The third kappa shape index (κ3) is 4.73. The van der Waals surface area contributed by atoms with Crippen molar-refractivity contribution < 1.29 is 14.3 Å². The fraction of sp³-hybridized carbons (Fsp3) is 0.409. The van der Waals surface area contributed by atoms with Gasteiger partial charge in [-0.15, -0.1) is 0 Å². The van der Waals surface area contributed by atoms with Gasteiger partial charge in [0.1, 0.15) is 11.5 Å². The molecule has 5 nitrogen and oxygen atoms in total. The Morgan fingerprint density at radius 3 is 2.70 bits per heavy atom. The first kappa shape index (κ1) is 19.1. The van der Waals surface area contributed by atoms with Crippen LogP contribution in [0.1, 0.15) is 31.4 Å². The molecule has 0 bridgehead atoms. The Kier molecular flexibility index (Phi) is 6.22. The molecular formula is C22H28N2O3. The molecule has 0 fully saturated rings. The maximum atomic E-state index is 12.7. The van der Waals surface area contributed by atoms with Crippen molar-refractivity contribution in [2.24, 2.45) is 0 Å². The summed E-state index contributed by atoms with van der Waals surface area (Å²) in [6.07, 6.45) is 2.13. The van der Waals surface area contributed by atoms with Crippen LogP contribution < -0.4 is 19.7 Å². The van der Waals surface area contributed by atoms with Crippen LogP contribution in [0.25, 0.3) is 0 Å². The van der Waals surface area contributed by atoms with Crippen molar-refractivity contribution >= 4 is 17.3 Å². The largest absolute Gasteiger partial charge is 0.494 e. The Hall–Kier alpha value is -2.69. The van der Waals surface area contributed by atoms with Gasteiger partial charge in [-0.2, -0.15) is 0 Å². The molecule has 2 aromatic rings. The molecule has 0 radical (unpaired) electrons. The van der Waals surface area contributed by atoms with Gasteiger partial charge in [0, 0.05) is 18.3 Å². The second kappa shape index (κ2) is 8.80. The summed E-state index contributed by atoms with van der Waals surface area (Å²) in [5, 5.41) is 3.00. The number of carbonyl (C=O) groups excluding carboxylic acids is 1. The van der Waals surface area contributed by atoms with Crippen molar-refractivity contribution in [3.63, 3.8) is 0 Å². The molecule has 1 heterocycles. The molecular weight excluding hydrogens is 340 g/mol. The summed E-state index contributed by atoms with van der Waals surface area (Å²) in [5.41, 5.74) is 4.39. The van der Waals surface area contributed by atoms with Crippen LogP contribution in [0, 0.1) is 6.92 Å². The number of rotatable bonds is 7. The molecule has 5 heteroatoms. The van der Waals surface area contributed by atoms with E-state index in [1.54, 1.807) is 0 Å². The van der Waals surface area contributed by atoms with Crippen molar-refractivity contribution in [2.45, 2.75) is 33.6 Å². The van der Waals surface area contributed by atoms with Gasteiger partial charge in [0.2, 0.25) is 5.91 Å². The zero-order valence-corrected chi connectivity index (χ0v) is 16.4. The third-order valence-electron chi connectivity index (χ3n) is 4.62. The van der Waals surface area contributed by atoms with Gasteiger partial charge in [0.05, 0.1) is 25.4 Å². The van der Waals surface area contributed by atoms with Gasteiger partial charge in [0.15, 0.2) is 0 Å². The third-order valence-corrected chi connectivity index (χ3v) is 4.62. The maximum absolute atomic E-state index is 12.7. The van der Waals surface area contributed by atoms with Crippen molar-refractivity contribution in [3.8, 4) is 11.5 Å². The fourth-order valence-corrected chi connectivity index (χ4v) is 3.48. The second-order valence-electron chi connectivity index (χ2n) is 6.73. The summed E-state index contributed by atoms with van der Waals surface area (Å²) in [5.74, 6) is 1.32. The highest BCUT2D eigenvalue weighted by Gasteiger charge is 2.20. The highest BCUT2D eigenvalue weighted by Crippen LogP contribution is 2.31. The molecule has 0 aliphatic carbocycles. The van der Waals surface area contributed by atoms with Crippen LogP contribution in [-0.4, -0.2) is 32.2 Å². The van der Waals surface area contributed by atoms with E-state index in [0.29, 0.717) is 31.2 Å². The average molecular weight is 368 g/mol. The van der Waals surface area contributed by atoms with Gasteiger partial charge < -0.3 is 19.7 Å². The molecule has 144 valence electrons. The van der Waals surface area contributed by atoms with E-state index in [2.05, 4.69) is 35.3 Å². The van der Waals surface area contributed by atoms with Gasteiger partial charge >= 0.3 is 0 Å². The molecule has 0 spiro atoms. The molecule has 1 N–H and O–H groups in total. The summed E-state index contributed by atoms with van der Waals surface area (Å²) < 4.78 is 11.2. The quantitative estimate of drug-likeness (QED) is 0.796. The van der Waals surface area contributed by atoms with Gasteiger partial charge in [-0.3, -0.25) is 4.79 Å². The highest BCUT2D eigenvalue weighted by atomic mass is 16.5. The number of nitrogens with one attached hydrogen (secondary N) is 1. The maximum Gasteiger partial charge on any atom is 0.243 e. The van der Waals surface area contributed by atoms with E-state index in [9.17, 15) is 4.79 Å². The Morgan fingerprint density at radius 1 is 1.11 bits per heavy atom. The van der Waals surface area contributed by atoms with E-state index in [1.165, 1.54) is 11.1 Å². The van der Waals surface area contributed by atoms with E-state index in [-0.39, 0.29) is 5.91 Å². The summed E-state index contributed by atoms with van der Waals surface area (Å²) in [6, 6.07) is 12.0. The Bertz CT molecular complexity index is 804. The van der Waals surface area contributed by atoms with Gasteiger partial charge in [-0.25, -0.2) is 0 Å². The Balaban J connectivity index is 1.74. The van der Waals surface area contributed by atoms with Crippen LogP contribution in [0.3, 0.4) is 0 Å². The lowest BCUT2D eigenvalue weighted by atomic mass is 9.99. The zero-order chi connectivity index (χ0) is 19.2. The van der Waals surface area contributed by atoms with Gasteiger partial charge in [0.25, 0.3) is 0 Å². The van der Waals surface area contributed by atoms with E-state index in [0.717, 1.165) is 30.8 Å². The van der Waals surface area contributed by atoms with Crippen LogP contribution in [0.4, 0.5) is 11.4 Å². The highest BCUT2D eigenvalue weighted by molar-refractivity contribution is 5.95. The summed E-state index contributed by atoms with van der Waals surface area (Å²) in [6.45, 7) is 8.29. The number of hydrogen-bond donors (Lipinski definition) is 1. The van der Waals surface area contributed by atoms with E-state index >= 15 is 0 Å². The molecule has 0 saturated carbocycles.